The number of nitrogens with one attached hydrogen (secondary N) is 1. The lowest BCUT2D eigenvalue weighted by Crippen LogP contribution is -2.36. The Morgan fingerprint density at radius 1 is 1.37 bits per heavy atom. The van der Waals surface area contributed by atoms with Gasteiger partial charge in [-0.1, -0.05) is 0 Å². The Labute approximate surface area is 117 Å². The molecule has 0 saturated carbocycles. The average molecular weight is 280 g/mol. The van der Waals surface area contributed by atoms with Crippen LogP contribution < -0.4 is 16.8 Å². The van der Waals surface area contributed by atoms with E-state index in [9.17, 15) is 4.79 Å². The summed E-state index contributed by atoms with van der Waals surface area (Å²) in [7, 11) is 0. The Balaban J connectivity index is 1.87. The van der Waals surface area contributed by atoms with E-state index >= 15 is 0 Å². The topological polar surface area (TPSA) is 84.4 Å². The van der Waals surface area contributed by atoms with Crippen molar-refractivity contribution in [2.24, 2.45) is 5.73 Å². The van der Waals surface area contributed by atoms with Crippen LogP contribution in [0.1, 0.15) is 10.4 Å². The number of primary amides is 1. The van der Waals surface area contributed by atoms with Crippen LogP contribution in [0.5, 0.6) is 0 Å². The van der Waals surface area contributed by atoms with Crippen molar-refractivity contribution in [2.45, 2.75) is 0 Å². The normalized spacial score (nSPS) is 16.2. The summed E-state index contributed by atoms with van der Waals surface area (Å²) in [5.41, 5.74) is 13.0. The number of nitrogens with two attached hydrogens (primary N) is 2. The third kappa shape index (κ3) is 4.04. The van der Waals surface area contributed by atoms with Crippen molar-refractivity contribution in [3.8, 4) is 0 Å². The van der Waals surface area contributed by atoms with E-state index in [4.69, 9.17) is 11.5 Å². The minimum atomic E-state index is -0.434. The van der Waals surface area contributed by atoms with Crippen molar-refractivity contribution in [2.75, 3.05) is 48.7 Å². The van der Waals surface area contributed by atoms with Crippen LogP contribution >= 0.6 is 11.8 Å². The summed E-state index contributed by atoms with van der Waals surface area (Å²) in [6.07, 6.45) is 0. The molecular weight excluding hydrogens is 260 g/mol. The van der Waals surface area contributed by atoms with Gasteiger partial charge in [0, 0.05) is 43.2 Å². The number of anilines is 2. The smallest absolute Gasteiger partial charge is 0.248 e. The molecule has 0 unspecified atom stereocenters. The summed E-state index contributed by atoms with van der Waals surface area (Å²) < 4.78 is 0. The van der Waals surface area contributed by atoms with Gasteiger partial charge in [0.1, 0.15) is 0 Å². The predicted molar refractivity (Wildman–Crippen MR) is 81.6 cm³/mol. The van der Waals surface area contributed by atoms with E-state index in [0.717, 1.165) is 31.9 Å². The fourth-order valence-corrected chi connectivity index (χ4v) is 3.01. The third-order valence-corrected chi connectivity index (χ3v) is 4.13. The number of nitrogens with zero attached hydrogens (tertiary/aromatic N) is 1. The second-order valence-corrected chi connectivity index (χ2v) is 5.77. The molecule has 0 bridgehead atoms. The third-order valence-electron chi connectivity index (χ3n) is 3.18. The summed E-state index contributed by atoms with van der Waals surface area (Å²) in [5.74, 6) is 1.98. The maximum Gasteiger partial charge on any atom is 0.248 e. The molecule has 104 valence electrons. The monoisotopic (exact) mass is 280 g/mol. The van der Waals surface area contributed by atoms with Gasteiger partial charge in [-0.3, -0.25) is 9.69 Å². The number of carbonyl (C=O) groups is 1. The number of amides is 1. The SMILES string of the molecule is NC(=O)c1ccc(N)c(NCCN2CCSCC2)c1. The molecule has 19 heavy (non-hydrogen) atoms. The molecule has 1 aromatic carbocycles. The minimum absolute atomic E-state index is 0.434. The Morgan fingerprint density at radius 2 is 2.11 bits per heavy atom. The van der Waals surface area contributed by atoms with Gasteiger partial charge in [-0.2, -0.15) is 11.8 Å². The Bertz CT molecular complexity index is 446. The fourth-order valence-electron chi connectivity index (χ4n) is 2.04. The molecule has 1 saturated heterocycles. The lowest BCUT2D eigenvalue weighted by molar-refractivity contribution is 0.100. The van der Waals surface area contributed by atoms with Crippen molar-refractivity contribution in [3.63, 3.8) is 0 Å². The zero-order valence-corrected chi connectivity index (χ0v) is 11.7. The van der Waals surface area contributed by atoms with E-state index in [2.05, 4.69) is 10.2 Å². The van der Waals surface area contributed by atoms with Crippen molar-refractivity contribution in [3.05, 3.63) is 23.8 Å². The molecule has 6 heteroatoms. The van der Waals surface area contributed by atoms with Crippen LogP contribution in [0.15, 0.2) is 18.2 Å². The number of carbonyl (C=O) groups excluding carboxylic acids is 1. The van der Waals surface area contributed by atoms with Crippen molar-refractivity contribution < 1.29 is 4.79 Å². The number of rotatable bonds is 5. The van der Waals surface area contributed by atoms with E-state index in [1.807, 2.05) is 11.8 Å². The van der Waals surface area contributed by atoms with E-state index in [0.29, 0.717) is 11.3 Å². The van der Waals surface area contributed by atoms with Crippen LogP contribution in [-0.2, 0) is 0 Å². The van der Waals surface area contributed by atoms with Gasteiger partial charge in [-0.25, -0.2) is 0 Å². The van der Waals surface area contributed by atoms with E-state index in [1.54, 1.807) is 18.2 Å². The lowest BCUT2D eigenvalue weighted by Gasteiger charge is -2.26. The maximum absolute atomic E-state index is 11.1. The largest absolute Gasteiger partial charge is 0.397 e. The zero-order valence-electron chi connectivity index (χ0n) is 10.9. The highest BCUT2D eigenvalue weighted by molar-refractivity contribution is 7.99. The second-order valence-electron chi connectivity index (χ2n) is 4.55. The first-order chi connectivity index (χ1) is 9.16. The molecule has 1 aliphatic heterocycles. The van der Waals surface area contributed by atoms with Gasteiger partial charge >= 0.3 is 0 Å². The standard InChI is InChI=1S/C13H20N4OS/c14-11-2-1-10(13(15)18)9-12(11)16-3-4-17-5-7-19-8-6-17/h1-2,9,16H,3-8,14H2,(H2,15,18). The summed E-state index contributed by atoms with van der Waals surface area (Å²) in [6, 6.07) is 5.06. The van der Waals surface area contributed by atoms with E-state index < -0.39 is 5.91 Å². The average Bonchev–Trinajstić information content (AvgIpc) is 2.42. The molecule has 5 nitrogen and oxygen atoms in total. The lowest BCUT2D eigenvalue weighted by atomic mass is 10.1. The molecule has 0 aliphatic carbocycles. The summed E-state index contributed by atoms with van der Waals surface area (Å²) >= 11 is 2.00. The number of hydrogen-bond acceptors (Lipinski definition) is 5. The molecule has 1 fully saturated rings. The second kappa shape index (κ2) is 6.68. The minimum Gasteiger partial charge on any atom is -0.397 e. The van der Waals surface area contributed by atoms with Gasteiger partial charge in [0.15, 0.2) is 0 Å². The van der Waals surface area contributed by atoms with Gasteiger partial charge in [-0.05, 0) is 18.2 Å². The Hall–Kier alpha value is -1.40. The molecule has 5 N–H and O–H groups in total. The molecule has 1 aliphatic rings. The molecule has 2 rings (SSSR count). The molecule has 1 heterocycles. The van der Waals surface area contributed by atoms with Gasteiger partial charge < -0.3 is 16.8 Å². The zero-order chi connectivity index (χ0) is 13.7. The van der Waals surface area contributed by atoms with Crippen LogP contribution in [0.2, 0.25) is 0 Å². The van der Waals surface area contributed by atoms with Crippen molar-refractivity contribution >= 4 is 29.0 Å². The Morgan fingerprint density at radius 3 is 2.79 bits per heavy atom. The highest BCUT2D eigenvalue weighted by Crippen LogP contribution is 2.19. The van der Waals surface area contributed by atoms with E-state index in [1.165, 1.54) is 11.5 Å². The molecule has 0 radical (unpaired) electrons. The van der Waals surface area contributed by atoms with Gasteiger partial charge in [0.25, 0.3) is 0 Å². The van der Waals surface area contributed by atoms with Gasteiger partial charge in [0.2, 0.25) is 5.91 Å². The molecule has 1 amide bonds. The van der Waals surface area contributed by atoms with Crippen LogP contribution in [0.4, 0.5) is 11.4 Å². The Kier molecular flexibility index (Phi) is 4.93. The first-order valence-electron chi connectivity index (χ1n) is 6.40. The first kappa shape index (κ1) is 14.0. The molecule has 0 spiro atoms. The van der Waals surface area contributed by atoms with Crippen LogP contribution in [0.3, 0.4) is 0 Å². The number of thioether (sulfide) groups is 1. The quantitative estimate of drug-likeness (QED) is 0.696. The number of nitrogen functional groups attached to an aromatic ring is 1. The van der Waals surface area contributed by atoms with Crippen LogP contribution in [0, 0.1) is 0 Å². The number of hydrogen-bond donors (Lipinski definition) is 3. The molecular formula is C13H20N4OS. The number of benzene rings is 1. The highest BCUT2D eigenvalue weighted by atomic mass is 32.2. The van der Waals surface area contributed by atoms with Gasteiger partial charge in [0.05, 0.1) is 11.4 Å². The van der Waals surface area contributed by atoms with Crippen LogP contribution in [-0.4, -0.2) is 48.5 Å². The fraction of sp³-hybridized carbons (Fsp3) is 0.462. The summed E-state index contributed by atoms with van der Waals surface area (Å²) in [6.45, 7) is 4.09. The van der Waals surface area contributed by atoms with E-state index in [-0.39, 0.29) is 0 Å². The molecule has 0 atom stereocenters. The van der Waals surface area contributed by atoms with Gasteiger partial charge in [-0.15, -0.1) is 0 Å². The van der Waals surface area contributed by atoms with Crippen LogP contribution in [0.25, 0.3) is 0 Å². The summed E-state index contributed by atoms with van der Waals surface area (Å²) in [5, 5.41) is 3.27. The predicted octanol–water partition coefficient (Wildman–Crippen LogP) is 0.828. The summed E-state index contributed by atoms with van der Waals surface area (Å²) in [4.78, 5) is 13.6. The van der Waals surface area contributed by atoms with Crippen molar-refractivity contribution in [1.82, 2.24) is 4.90 Å². The molecule has 0 aromatic heterocycles. The first-order valence-corrected chi connectivity index (χ1v) is 7.55. The molecule has 1 aromatic rings. The van der Waals surface area contributed by atoms with Crippen molar-refractivity contribution in [1.29, 1.82) is 0 Å². The maximum atomic E-state index is 11.1. The highest BCUT2D eigenvalue weighted by Gasteiger charge is 2.10.